The summed E-state index contributed by atoms with van der Waals surface area (Å²) in [5.41, 5.74) is 13.2. The number of anilines is 2. The summed E-state index contributed by atoms with van der Waals surface area (Å²) in [5, 5.41) is 15.1. The predicted octanol–water partition coefficient (Wildman–Crippen LogP) is 2.21. The number of amides is 1. The number of carbonyl (C=O) groups excluding carboxylic acids is 1. The average molecular weight is 560 g/mol. The molecule has 2 fully saturated rings. The van der Waals surface area contributed by atoms with Gasteiger partial charge in [0.1, 0.15) is 0 Å². The molecule has 2 aliphatic heterocycles. The third-order valence-corrected chi connectivity index (χ3v) is 7.98. The van der Waals surface area contributed by atoms with E-state index in [-0.39, 0.29) is 16.7 Å². The van der Waals surface area contributed by atoms with Crippen molar-refractivity contribution in [2.45, 2.75) is 44.8 Å². The summed E-state index contributed by atoms with van der Waals surface area (Å²) >= 11 is 12.6. The van der Waals surface area contributed by atoms with Crippen LogP contribution in [0.4, 0.5) is 11.6 Å². The number of tetrazole rings is 1. The Morgan fingerprint density at radius 2 is 1.95 bits per heavy atom. The fourth-order valence-electron chi connectivity index (χ4n) is 5.54. The van der Waals surface area contributed by atoms with E-state index in [9.17, 15) is 4.79 Å². The number of primary amides is 1. The van der Waals surface area contributed by atoms with Gasteiger partial charge in [0, 0.05) is 48.8 Å². The molecule has 2 aliphatic rings. The number of piperidine rings is 1. The van der Waals surface area contributed by atoms with Crippen LogP contribution in [0, 0.1) is 0 Å². The van der Waals surface area contributed by atoms with E-state index in [1.54, 1.807) is 0 Å². The monoisotopic (exact) mass is 559 g/mol. The van der Waals surface area contributed by atoms with Crippen LogP contribution in [0.25, 0.3) is 11.4 Å². The minimum absolute atomic E-state index is 0.00293. The number of aromatic nitrogens is 6. The van der Waals surface area contributed by atoms with E-state index in [0.29, 0.717) is 28.7 Å². The highest BCUT2D eigenvalue weighted by Crippen LogP contribution is 2.31. The van der Waals surface area contributed by atoms with Crippen molar-refractivity contribution >= 4 is 40.7 Å². The van der Waals surface area contributed by atoms with E-state index in [2.05, 4.69) is 58.3 Å². The minimum atomic E-state index is -0.742. The number of aromatic amines is 1. The third-order valence-electron chi connectivity index (χ3n) is 7.49. The van der Waals surface area contributed by atoms with Crippen LogP contribution in [0.1, 0.15) is 42.2 Å². The highest BCUT2D eigenvalue weighted by Gasteiger charge is 2.34. The number of nitrogens with two attached hydrogens (primary N) is 2. The molecule has 4 heterocycles. The van der Waals surface area contributed by atoms with Gasteiger partial charge < -0.3 is 16.4 Å². The van der Waals surface area contributed by atoms with Gasteiger partial charge in [0.25, 0.3) is 5.91 Å². The summed E-state index contributed by atoms with van der Waals surface area (Å²) in [7, 11) is 0. The van der Waals surface area contributed by atoms with Crippen LogP contribution in [0.3, 0.4) is 0 Å². The van der Waals surface area contributed by atoms with E-state index in [1.807, 2.05) is 12.1 Å². The van der Waals surface area contributed by atoms with E-state index < -0.39 is 5.91 Å². The Morgan fingerprint density at radius 3 is 2.63 bits per heavy atom. The molecule has 5 N–H and O–H groups in total. The number of benzene rings is 1. The smallest absolute Gasteiger partial charge is 0.271 e. The van der Waals surface area contributed by atoms with Crippen LogP contribution in [0.5, 0.6) is 0 Å². The van der Waals surface area contributed by atoms with Crippen molar-refractivity contribution in [1.29, 1.82) is 0 Å². The number of hydrogen-bond donors (Lipinski definition) is 3. The molecule has 14 heteroatoms. The van der Waals surface area contributed by atoms with E-state index in [1.165, 1.54) is 0 Å². The number of piperazine rings is 1. The van der Waals surface area contributed by atoms with Gasteiger partial charge in [-0.1, -0.05) is 36.2 Å². The maximum absolute atomic E-state index is 11.5. The zero-order valence-electron chi connectivity index (χ0n) is 21.1. The van der Waals surface area contributed by atoms with Gasteiger partial charge in [0.05, 0.1) is 0 Å². The highest BCUT2D eigenvalue weighted by atomic mass is 35.5. The van der Waals surface area contributed by atoms with Gasteiger partial charge in [0.2, 0.25) is 0 Å². The fourth-order valence-corrected chi connectivity index (χ4v) is 5.96. The second-order valence-corrected chi connectivity index (χ2v) is 10.5. The van der Waals surface area contributed by atoms with E-state index in [0.717, 1.165) is 69.7 Å². The van der Waals surface area contributed by atoms with Crippen LogP contribution in [0.15, 0.2) is 18.2 Å². The molecule has 3 aromatic rings. The molecule has 1 amide bonds. The van der Waals surface area contributed by atoms with Crippen molar-refractivity contribution in [2.24, 2.45) is 5.73 Å². The summed E-state index contributed by atoms with van der Waals surface area (Å²) in [5.74, 6) is 0.385. The first kappa shape index (κ1) is 26.5. The summed E-state index contributed by atoms with van der Waals surface area (Å²) in [6.45, 7) is 7.42. The molecule has 0 unspecified atom stereocenters. The summed E-state index contributed by atoms with van der Waals surface area (Å²) in [6.07, 6.45) is 3.17. The molecule has 0 spiro atoms. The lowest BCUT2D eigenvalue weighted by Crippen LogP contribution is -2.58. The Hall–Kier alpha value is -3.06. The fraction of sp³-hybridized carbons (Fsp3) is 0.500. The first-order valence-corrected chi connectivity index (χ1v) is 13.5. The number of rotatable bonds is 7. The quantitative estimate of drug-likeness (QED) is 0.391. The molecule has 5 rings (SSSR count). The normalized spacial score (nSPS) is 19.7. The Kier molecular flexibility index (Phi) is 7.93. The molecule has 0 bridgehead atoms. The second kappa shape index (κ2) is 11.4. The molecule has 1 aromatic carbocycles. The van der Waals surface area contributed by atoms with E-state index in [4.69, 9.17) is 34.7 Å². The topological polar surface area (TPSA) is 159 Å². The van der Waals surface area contributed by atoms with Crippen LogP contribution in [-0.4, -0.2) is 91.1 Å². The van der Waals surface area contributed by atoms with Gasteiger partial charge in [-0.05, 0) is 60.5 Å². The van der Waals surface area contributed by atoms with Crippen LogP contribution >= 0.6 is 23.2 Å². The molecule has 0 saturated carbocycles. The molecular weight excluding hydrogens is 529 g/mol. The number of nitrogens with one attached hydrogen (secondary N) is 1. The number of halogens is 2. The average Bonchev–Trinajstić information content (AvgIpc) is 3.46. The number of carbonyl (C=O) groups is 1. The summed E-state index contributed by atoms with van der Waals surface area (Å²) in [4.78, 5) is 27.2. The van der Waals surface area contributed by atoms with Crippen molar-refractivity contribution in [3.05, 3.63) is 39.6 Å². The summed E-state index contributed by atoms with van der Waals surface area (Å²) < 4.78 is 0. The van der Waals surface area contributed by atoms with E-state index >= 15 is 0 Å². The number of likely N-dealkylation sites (tertiary alicyclic amines) is 1. The lowest BCUT2D eigenvalue weighted by Gasteiger charge is -2.47. The van der Waals surface area contributed by atoms with Gasteiger partial charge in [-0.2, -0.15) is 0 Å². The third kappa shape index (κ3) is 5.53. The van der Waals surface area contributed by atoms with Crippen molar-refractivity contribution in [3.8, 4) is 11.4 Å². The Balaban J connectivity index is 1.21. The summed E-state index contributed by atoms with van der Waals surface area (Å²) in [6, 6.07) is 6.72. The molecule has 0 radical (unpaired) electrons. The van der Waals surface area contributed by atoms with Crippen LogP contribution in [-0.2, 0) is 6.54 Å². The lowest BCUT2D eigenvalue weighted by molar-refractivity contribution is 0.0611. The molecule has 1 atom stereocenters. The number of nitrogen functional groups attached to an aromatic ring is 1. The van der Waals surface area contributed by atoms with Crippen molar-refractivity contribution < 1.29 is 4.79 Å². The molecular formula is C24H31Cl2N11O. The largest absolute Gasteiger partial charge is 0.382 e. The predicted molar refractivity (Wildman–Crippen MR) is 146 cm³/mol. The lowest BCUT2D eigenvalue weighted by atomic mass is 9.97. The van der Waals surface area contributed by atoms with Crippen LogP contribution < -0.4 is 16.4 Å². The van der Waals surface area contributed by atoms with Crippen LogP contribution in [0.2, 0.25) is 10.2 Å². The number of nitrogens with zero attached hydrogens (tertiary/aromatic N) is 8. The first-order chi connectivity index (χ1) is 18.3. The van der Waals surface area contributed by atoms with Crippen molar-refractivity contribution in [1.82, 2.24) is 40.4 Å². The van der Waals surface area contributed by atoms with Crippen molar-refractivity contribution in [2.75, 3.05) is 43.4 Å². The van der Waals surface area contributed by atoms with Gasteiger partial charge >= 0.3 is 0 Å². The SMILES string of the molecule is CC[C@H]1CN(c2nc(N)c(C(N)=O)nc2Cl)CCN1C1CCN(Cc2ccc(Cl)cc2-c2nnn[nH]2)CC1. The Bertz CT molecular complexity index is 1280. The maximum atomic E-state index is 11.5. The molecule has 12 nitrogen and oxygen atoms in total. The Labute approximate surface area is 230 Å². The minimum Gasteiger partial charge on any atom is -0.382 e. The van der Waals surface area contributed by atoms with Gasteiger partial charge in [-0.25, -0.2) is 15.1 Å². The molecule has 0 aliphatic carbocycles. The zero-order valence-corrected chi connectivity index (χ0v) is 22.7. The van der Waals surface area contributed by atoms with Gasteiger partial charge in [-0.3, -0.25) is 14.6 Å². The maximum Gasteiger partial charge on any atom is 0.271 e. The molecule has 2 saturated heterocycles. The van der Waals surface area contributed by atoms with Crippen molar-refractivity contribution in [3.63, 3.8) is 0 Å². The standard InChI is InChI=1S/C24H31Cl2N11O/c1-2-16-13-36(24-20(26)29-19(22(28)38)21(27)30-24)9-10-37(16)17-5-7-35(8-6-17)12-14-3-4-15(25)11-18(14)23-31-33-34-32-23/h3-4,11,16-17H,2,5-10,12-13H2,1H3,(H2,27,30)(H2,28,38)(H,31,32,33,34)/t16-/m0/s1. The second-order valence-electron chi connectivity index (χ2n) is 9.74. The zero-order chi connectivity index (χ0) is 26.8. The first-order valence-electron chi connectivity index (χ1n) is 12.7. The Morgan fingerprint density at radius 1 is 1.16 bits per heavy atom. The highest BCUT2D eigenvalue weighted by molar-refractivity contribution is 6.32. The van der Waals surface area contributed by atoms with Gasteiger partial charge in [0.15, 0.2) is 28.3 Å². The number of H-pyrrole nitrogens is 1. The molecule has 38 heavy (non-hydrogen) atoms. The molecule has 2 aromatic heterocycles. The number of hydrogen-bond acceptors (Lipinski definition) is 10. The molecule has 202 valence electrons. The van der Waals surface area contributed by atoms with Gasteiger partial charge in [-0.15, -0.1) is 5.10 Å².